The molecule has 0 aliphatic carbocycles. The van der Waals surface area contributed by atoms with Crippen molar-refractivity contribution in [1.82, 2.24) is 4.90 Å². The molecule has 0 spiro atoms. The number of amides is 1. The van der Waals surface area contributed by atoms with E-state index in [4.69, 9.17) is 0 Å². The minimum absolute atomic E-state index is 0.0715. The van der Waals surface area contributed by atoms with Crippen LogP contribution in [0.4, 0.5) is 0 Å². The molecule has 0 aliphatic rings. The van der Waals surface area contributed by atoms with Crippen LogP contribution in [-0.2, 0) is 14.3 Å². The molecule has 0 radical (unpaired) electrons. The summed E-state index contributed by atoms with van der Waals surface area (Å²) in [6.45, 7) is 4.83. The van der Waals surface area contributed by atoms with Crippen LogP contribution >= 0.6 is 0 Å². The molecule has 0 unspecified atom stereocenters. The fourth-order valence-corrected chi connectivity index (χ4v) is 1.96. The summed E-state index contributed by atoms with van der Waals surface area (Å²) in [5.74, 6) is 0.181. The highest BCUT2D eigenvalue weighted by Gasteiger charge is 2.06. The van der Waals surface area contributed by atoms with E-state index >= 15 is 0 Å². The van der Waals surface area contributed by atoms with Crippen molar-refractivity contribution in [3.05, 3.63) is 41.5 Å². The zero-order valence-electron chi connectivity index (χ0n) is 13.8. The van der Waals surface area contributed by atoms with Crippen molar-refractivity contribution >= 4 is 18.0 Å². The molecule has 0 saturated heterocycles. The zero-order chi connectivity index (χ0) is 16.5. The van der Waals surface area contributed by atoms with E-state index < -0.39 is 0 Å². The van der Waals surface area contributed by atoms with Gasteiger partial charge in [-0.25, -0.2) is 0 Å². The van der Waals surface area contributed by atoms with Crippen molar-refractivity contribution in [2.75, 3.05) is 20.7 Å². The van der Waals surface area contributed by atoms with Crippen molar-refractivity contribution in [2.45, 2.75) is 32.6 Å². The molecular weight excluding hydrogens is 278 g/mol. The fourth-order valence-electron chi connectivity index (χ4n) is 1.96. The average Bonchev–Trinajstić information content (AvgIpc) is 2.52. The minimum atomic E-state index is -0.248. The Labute approximate surface area is 132 Å². The second kappa shape index (κ2) is 9.03. The maximum absolute atomic E-state index is 12.0. The molecule has 0 aliphatic heterocycles. The minimum Gasteiger partial charge on any atom is -0.469 e. The third kappa shape index (κ3) is 6.12. The Kier molecular flexibility index (Phi) is 7.37. The van der Waals surface area contributed by atoms with Crippen LogP contribution < -0.4 is 0 Å². The van der Waals surface area contributed by atoms with Gasteiger partial charge in [0, 0.05) is 26.1 Å². The number of hydrogen-bond donors (Lipinski definition) is 0. The van der Waals surface area contributed by atoms with Gasteiger partial charge >= 0.3 is 5.97 Å². The fraction of sp³-hybridized carbons (Fsp3) is 0.444. The molecule has 0 heterocycles. The molecule has 1 aromatic rings. The Bertz CT molecular complexity index is 518. The molecule has 0 atom stereocenters. The smallest absolute Gasteiger partial charge is 0.305 e. The van der Waals surface area contributed by atoms with Gasteiger partial charge in [0.05, 0.1) is 7.11 Å². The van der Waals surface area contributed by atoms with Crippen LogP contribution in [0.2, 0.25) is 0 Å². The SMILES string of the molecule is COC(=O)CCCN(C)C(=O)/C=C/c1ccc(C(C)C)cc1. The molecule has 0 bridgehead atoms. The molecule has 4 nitrogen and oxygen atoms in total. The van der Waals surface area contributed by atoms with Crippen LogP contribution in [0.1, 0.15) is 43.7 Å². The Morgan fingerprint density at radius 1 is 1.23 bits per heavy atom. The van der Waals surface area contributed by atoms with Gasteiger partial charge in [-0.15, -0.1) is 0 Å². The zero-order valence-corrected chi connectivity index (χ0v) is 13.8. The Balaban J connectivity index is 2.47. The number of esters is 1. The maximum Gasteiger partial charge on any atom is 0.305 e. The van der Waals surface area contributed by atoms with Crippen LogP contribution in [0, 0.1) is 0 Å². The largest absolute Gasteiger partial charge is 0.469 e. The van der Waals surface area contributed by atoms with Gasteiger partial charge < -0.3 is 9.64 Å². The topological polar surface area (TPSA) is 46.6 Å². The van der Waals surface area contributed by atoms with Gasteiger partial charge in [0.1, 0.15) is 0 Å². The van der Waals surface area contributed by atoms with Gasteiger partial charge in [-0.3, -0.25) is 9.59 Å². The summed E-state index contributed by atoms with van der Waals surface area (Å²) in [5, 5.41) is 0. The number of likely N-dealkylation sites (N-methyl/N-ethyl adjacent to an activating group) is 1. The molecule has 4 heteroatoms. The molecule has 120 valence electrons. The Morgan fingerprint density at radius 3 is 2.41 bits per heavy atom. The first-order valence-electron chi connectivity index (χ1n) is 7.54. The van der Waals surface area contributed by atoms with Crippen molar-refractivity contribution in [3.8, 4) is 0 Å². The van der Waals surface area contributed by atoms with Crippen LogP contribution in [-0.4, -0.2) is 37.5 Å². The van der Waals surface area contributed by atoms with Gasteiger partial charge in [0.2, 0.25) is 5.91 Å². The lowest BCUT2D eigenvalue weighted by atomic mass is 10.0. The third-order valence-corrected chi connectivity index (χ3v) is 3.50. The van der Waals surface area contributed by atoms with E-state index in [9.17, 15) is 9.59 Å². The first-order chi connectivity index (χ1) is 10.4. The highest BCUT2D eigenvalue weighted by molar-refractivity contribution is 5.91. The lowest BCUT2D eigenvalue weighted by Gasteiger charge is -2.14. The lowest BCUT2D eigenvalue weighted by molar-refractivity contribution is -0.141. The van der Waals surface area contributed by atoms with E-state index in [0.717, 1.165) is 5.56 Å². The summed E-state index contributed by atoms with van der Waals surface area (Å²) < 4.78 is 4.57. The third-order valence-electron chi connectivity index (χ3n) is 3.50. The molecule has 0 saturated carbocycles. The summed E-state index contributed by atoms with van der Waals surface area (Å²) in [7, 11) is 3.09. The molecule has 0 fully saturated rings. The van der Waals surface area contributed by atoms with Crippen LogP contribution in [0.5, 0.6) is 0 Å². The summed E-state index contributed by atoms with van der Waals surface area (Å²) in [4.78, 5) is 24.6. The summed E-state index contributed by atoms with van der Waals surface area (Å²) in [6, 6.07) is 8.18. The molecular formula is C18H25NO3. The Morgan fingerprint density at radius 2 is 1.86 bits per heavy atom. The molecule has 22 heavy (non-hydrogen) atoms. The number of ether oxygens (including phenoxy) is 1. The van der Waals surface area contributed by atoms with Crippen LogP contribution in [0.15, 0.2) is 30.3 Å². The van der Waals surface area contributed by atoms with Gasteiger partial charge in [-0.05, 0) is 29.5 Å². The summed E-state index contributed by atoms with van der Waals surface area (Å²) >= 11 is 0. The number of hydrogen-bond acceptors (Lipinski definition) is 3. The first kappa shape index (κ1) is 18.0. The van der Waals surface area contributed by atoms with E-state index in [1.807, 2.05) is 18.2 Å². The monoisotopic (exact) mass is 303 g/mol. The van der Waals surface area contributed by atoms with Crippen LogP contribution in [0.3, 0.4) is 0 Å². The first-order valence-corrected chi connectivity index (χ1v) is 7.54. The van der Waals surface area contributed by atoms with Crippen LogP contribution in [0.25, 0.3) is 6.08 Å². The quantitative estimate of drug-likeness (QED) is 0.574. The van der Waals surface area contributed by atoms with Gasteiger partial charge in [-0.2, -0.15) is 0 Å². The average molecular weight is 303 g/mol. The number of carbonyl (C=O) groups is 2. The summed E-state index contributed by atoms with van der Waals surface area (Å²) in [6.07, 6.45) is 4.30. The molecule has 1 amide bonds. The van der Waals surface area contributed by atoms with E-state index in [2.05, 4.69) is 30.7 Å². The lowest BCUT2D eigenvalue weighted by Crippen LogP contribution is -2.26. The maximum atomic E-state index is 12.0. The molecule has 0 N–H and O–H groups in total. The van der Waals surface area contributed by atoms with Gasteiger partial charge in [-0.1, -0.05) is 38.1 Å². The predicted octanol–water partition coefficient (Wildman–Crippen LogP) is 3.23. The Hall–Kier alpha value is -2.10. The van der Waals surface area contributed by atoms with Crippen molar-refractivity contribution in [1.29, 1.82) is 0 Å². The van der Waals surface area contributed by atoms with Crippen molar-refractivity contribution in [2.24, 2.45) is 0 Å². The van der Waals surface area contributed by atoms with E-state index in [0.29, 0.717) is 25.3 Å². The second-order valence-corrected chi connectivity index (χ2v) is 5.59. The number of nitrogens with zero attached hydrogens (tertiary/aromatic N) is 1. The standard InChI is InChI=1S/C18H25NO3/c1-14(2)16-10-7-15(8-11-16)9-12-17(20)19(3)13-5-6-18(21)22-4/h7-12,14H,5-6,13H2,1-4H3/b12-9+. The van der Waals surface area contributed by atoms with E-state index in [-0.39, 0.29) is 11.9 Å². The number of rotatable bonds is 7. The molecule has 1 rings (SSSR count). The number of carbonyl (C=O) groups excluding carboxylic acids is 2. The van der Waals surface area contributed by atoms with E-state index in [1.54, 1.807) is 18.0 Å². The van der Waals surface area contributed by atoms with Crippen molar-refractivity contribution in [3.63, 3.8) is 0 Å². The number of methoxy groups -OCH3 is 1. The predicted molar refractivity (Wildman–Crippen MR) is 88.5 cm³/mol. The van der Waals surface area contributed by atoms with Gasteiger partial charge in [0.15, 0.2) is 0 Å². The number of benzene rings is 1. The van der Waals surface area contributed by atoms with Crippen molar-refractivity contribution < 1.29 is 14.3 Å². The highest BCUT2D eigenvalue weighted by Crippen LogP contribution is 2.15. The van der Waals surface area contributed by atoms with E-state index in [1.165, 1.54) is 12.7 Å². The summed E-state index contributed by atoms with van der Waals surface area (Å²) in [5.41, 5.74) is 2.28. The normalized spacial score (nSPS) is 11.0. The van der Waals surface area contributed by atoms with Gasteiger partial charge in [0.25, 0.3) is 0 Å². The molecule has 0 aromatic heterocycles. The molecule has 1 aromatic carbocycles. The highest BCUT2D eigenvalue weighted by atomic mass is 16.5. The second-order valence-electron chi connectivity index (χ2n) is 5.59.